The molecule has 0 radical (unpaired) electrons. The maximum absolute atomic E-state index is 12.9. The number of benzene rings is 1. The Labute approximate surface area is 156 Å². The lowest BCUT2D eigenvalue weighted by Crippen LogP contribution is -2.37. The Hall–Kier alpha value is -3.29. The molecule has 0 atom stereocenters. The van der Waals surface area contributed by atoms with Crippen molar-refractivity contribution in [2.45, 2.75) is 6.42 Å². The number of ether oxygens (including phenoxy) is 1. The summed E-state index contributed by atoms with van der Waals surface area (Å²) in [6.07, 6.45) is 4.12. The van der Waals surface area contributed by atoms with E-state index in [2.05, 4.69) is 10.3 Å². The third-order valence-electron chi connectivity index (χ3n) is 4.77. The second-order valence-corrected chi connectivity index (χ2v) is 6.59. The number of H-pyrrole nitrogens is 1. The quantitative estimate of drug-likeness (QED) is 0.836. The molecule has 140 valence electrons. The van der Waals surface area contributed by atoms with E-state index in [0.717, 1.165) is 0 Å². The number of hydrogen-bond donors (Lipinski definition) is 2. The van der Waals surface area contributed by atoms with Crippen molar-refractivity contribution >= 4 is 23.4 Å². The van der Waals surface area contributed by atoms with Crippen molar-refractivity contribution in [3.8, 4) is 5.75 Å². The van der Waals surface area contributed by atoms with Crippen LogP contribution in [-0.2, 0) is 4.79 Å². The van der Waals surface area contributed by atoms with Crippen LogP contribution in [0.1, 0.15) is 27.1 Å². The van der Waals surface area contributed by atoms with E-state index in [4.69, 9.17) is 4.74 Å². The largest absolute Gasteiger partial charge is 0.482 e. The summed E-state index contributed by atoms with van der Waals surface area (Å²) < 4.78 is 5.33. The molecule has 2 aliphatic rings. The number of nitrogens with one attached hydrogen (secondary N) is 2. The van der Waals surface area contributed by atoms with Crippen LogP contribution in [0.4, 0.5) is 5.69 Å². The van der Waals surface area contributed by atoms with Crippen molar-refractivity contribution in [3.63, 3.8) is 0 Å². The molecule has 1 aromatic heterocycles. The zero-order chi connectivity index (χ0) is 18.8. The number of nitrogens with zero attached hydrogens (tertiary/aromatic N) is 2. The molecule has 27 heavy (non-hydrogen) atoms. The Morgan fingerprint density at radius 1 is 0.963 bits per heavy atom. The normalized spacial score (nSPS) is 16.8. The predicted molar refractivity (Wildman–Crippen MR) is 97.8 cm³/mol. The Balaban J connectivity index is 1.45. The van der Waals surface area contributed by atoms with Gasteiger partial charge in [0.15, 0.2) is 6.61 Å². The third-order valence-corrected chi connectivity index (χ3v) is 4.77. The van der Waals surface area contributed by atoms with Gasteiger partial charge >= 0.3 is 0 Å². The van der Waals surface area contributed by atoms with E-state index >= 15 is 0 Å². The van der Waals surface area contributed by atoms with Gasteiger partial charge in [0.05, 0.1) is 11.3 Å². The number of carbonyl (C=O) groups excluding carboxylic acids is 3. The average Bonchev–Trinajstić information content (AvgIpc) is 3.11. The Kier molecular flexibility index (Phi) is 4.53. The number of aromatic nitrogens is 1. The Morgan fingerprint density at radius 3 is 2.41 bits per heavy atom. The van der Waals surface area contributed by atoms with Crippen molar-refractivity contribution < 1.29 is 19.1 Å². The van der Waals surface area contributed by atoms with Crippen LogP contribution in [0.2, 0.25) is 0 Å². The number of amides is 3. The molecule has 2 N–H and O–H groups in total. The van der Waals surface area contributed by atoms with E-state index < -0.39 is 0 Å². The second kappa shape index (κ2) is 7.14. The lowest BCUT2D eigenvalue weighted by Gasteiger charge is -2.23. The third kappa shape index (κ3) is 3.51. The molecule has 8 nitrogen and oxygen atoms in total. The maximum Gasteiger partial charge on any atom is 0.262 e. The van der Waals surface area contributed by atoms with Crippen LogP contribution in [0.25, 0.3) is 0 Å². The van der Waals surface area contributed by atoms with Gasteiger partial charge in [0.1, 0.15) is 5.75 Å². The first-order chi connectivity index (χ1) is 13.1. The summed E-state index contributed by atoms with van der Waals surface area (Å²) in [5.41, 5.74) is 1.63. The highest BCUT2D eigenvalue weighted by Crippen LogP contribution is 2.29. The van der Waals surface area contributed by atoms with Gasteiger partial charge in [0.25, 0.3) is 17.7 Å². The predicted octanol–water partition coefficient (Wildman–Crippen LogP) is 1.33. The van der Waals surface area contributed by atoms with Crippen molar-refractivity contribution in [2.75, 3.05) is 38.1 Å². The molecule has 3 heterocycles. The van der Waals surface area contributed by atoms with Crippen molar-refractivity contribution in [1.82, 2.24) is 14.8 Å². The van der Waals surface area contributed by atoms with Gasteiger partial charge in [-0.15, -0.1) is 0 Å². The monoisotopic (exact) mass is 368 g/mol. The molecule has 0 spiro atoms. The van der Waals surface area contributed by atoms with E-state index in [-0.39, 0.29) is 24.3 Å². The van der Waals surface area contributed by atoms with Gasteiger partial charge in [0.2, 0.25) is 0 Å². The highest BCUT2D eigenvalue weighted by atomic mass is 16.5. The number of anilines is 1. The summed E-state index contributed by atoms with van der Waals surface area (Å²) in [5.74, 6) is 0.179. The fourth-order valence-electron chi connectivity index (χ4n) is 3.36. The molecule has 2 aromatic rings. The van der Waals surface area contributed by atoms with Crippen LogP contribution in [0.3, 0.4) is 0 Å². The summed E-state index contributed by atoms with van der Waals surface area (Å²) in [5, 5.41) is 2.72. The number of carbonyl (C=O) groups is 3. The average molecular weight is 368 g/mol. The summed E-state index contributed by atoms with van der Waals surface area (Å²) in [6, 6.07) is 6.79. The molecule has 8 heteroatoms. The molecule has 4 rings (SSSR count). The minimum atomic E-state index is -0.235. The fourth-order valence-corrected chi connectivity index (χ4v) is 3.36. The lowest BCUT2D eigenvalue weighted by molar-refractivity contribution is -0.118. The number of rotatable bonds is 2. The topological polar surface area (TPSA) is 94.7 Å². The van der Waals surface area contributed by atoms with Crippen LogP contribution < -0.4 is 10.1 Å². The molecular weight excluding hydrogens is 348 g/mol. The highest BCUT2D eigenvalue weighted by molar-refractivity contribution is 6.00. The van der Waals surface area contributed by atoms with E-state index in [1.165, 1.54) is 0 Å². The summed E-state index contributed by atoms with van der Waals surface area (Å²) in [7, 11) is 0. The maximum atomic E-state index is 12.9. The Bertz CT molecular complexity index is 878. The molecule has 0 aliphatic carbocycles. The van der Waals surface area contributed by atoms with Gasteiger partial charge in [-0.3, -0.25) is 14.4 Å². The van der Waals surface area contributed by atoms with Gasteiger partial charge in [0, 0.05) is 44.1 Å². The number of aromatic amines is 1. The first-order valence-corrected chi connectivity index (χ1v) is 8.90. The van der Waals surface area contributed by atoms with E-state index in [0.29, 0.717) is 55.2 Å². The molecule has 0 unspecified atom stereocenters. The number of hydrogen-bond acceptors (Lipinski definition) is 4. The first kappa shape index (κ1) is 17.1. The van der Waals surface area contributed by atoms with Crippen molar-refractivity contribution in [3.05, 3.63) is 47.8 Å². The van der Waals surface area contributed by atoms with E-state index in [1.54, 1.807) is 46.5 Å². The van der Waals surface area contributed by atoms with Crippen molar-refractivity contribution in [2.24, 2.45) is 0 Å². The summed E-state index contributed by atoms with van der Waals surface area (Å²) >= 11 is 0. The van der Waals surface area contributed by atoms with Crippen LogP contribution >= 0.6 is 0 Å². The molecule has 1 aromatic carbocycles. The van der Waals surface area contributed by atoms with Gasteiger partial charge in [-0.05, 0) is 30.7 Å². The number of fused-ring (bicyclic) bond motifs is 1. The molecule has 1 fully saturated rings. The van der Waals surface area contributed by atoms with Crippen molar-refractivity contribution in [1.29, 1.82) is 0 Å². The van der Waals surface area contributed by atoms with Crippen LogP contribution in [0.5, 0.6) is 5.75 Å². The van der Waals surface area contributed by atoms with Crippen LogP contribution in [0.15, 0.2) is 36.7 Å². The lowest BCUT2D eigenvalue weighted by atomic mass is 10.1. The molecule has 0 bridgehead atoms. The minimum absolute atomic E-state index is 0.0164. The molecule has 3 amide bonds. The Morgan fingerprint density at radius 2 is 1.70 bits per heavy atom. The summed E-state index contributed by atoms with van der Waals surface area (Å²) in [4.78, 5) is 43.3. The second-order valence-electron chi connectivity index (χ2n) is 6.59. The van der Waals surface area contributed by atoms with Gasteiger partial charge in [-0.25, -0.2) is 0 Å². The zero-order valence-electron chi connectivity index (χ0n) is 14.7. The van der Waals surface area contributed by atoms with Gasteiger partial charge in [-0.2, -0.15) is 0 Å². The first-order valence-electron chi connectivity index (χ1n) is 8.90. The van der Waals surface area contributed by atoms with Crippen LogP contribution in [-0.4, -0.2) is 65.3 Å². The van der Waals surface area contributed by atoms with E-state index in [1.807, 2.05) is 0 Å². The minimum Gasteiger partial charge on any atom is -0.482 e. The SMILES string of the molecule is O=C1COc2ccc(C(=O)N3CCCN(C(=O)c4cc[nH]c4)CC3)cc2N1. The fraction of sp³-hybridized carbons (Fsp3) is 0.316. The van der Waals surface area contributed by atoms with Gasteiger partial charge < -0.3 is 24.8 Å². The zero-order valence-corrected chi connectivity index (χ0v) is 14.7. The molecular formula is C19H20N4O4. The molecule has 0 saturated carbocycles. The van der Waals surface area contributed by atoms with Gasteiger partial charge in [-0.1, -0.05) is 0 Å². The van der Waals surface area contributed by atoms with E-state index in [9.17, 15) is 14.4 Å². The molecule has 1 saturated heterocycles. The smallest absolute Gasteiger partial charge is 0.262 e. The standard InChI is InChI=1S/C19H20N4O4/c24-17-12-27-16-3-2-13(10-15(16)21-17)18(25)22-6-1-7-23(9-8-22)19(26)14-4-5-20-11-14/h2-5,10-11,20H,1,6-9,12H2,(H,21,24). The summed E-state index contributed by atoms with van der Waals surface area (Å²) in [6.45, 7) is 2.13. The highest BCUT2D eigenvalue weighted by Gasteiger charge is 2.25. The molecule has 2 aliphatic heterocycles. The van der Waals surface area contributed by atoms with Crippen LogP contribution in [0, 0.1) is 0 Å².